The minimum Gasteiger partial charge on any atom is -0.472 e. The third kappa shape index (κ3) is 2.18. The molecule has 0 N–H and O–H groups in total. The maximum atomic E-state index is 12.4. The second kappa shape index (κ2) is 4.37. The summed E-state index contributed by atoms with van der Waals surface area (Å²) < 4.78 is 28.3. The van der Waals surface area contributed by atoms with Crippen molar-refractivity contribution < 1.29 is 17.6 Å². The summed E-state index contributed by atoms with van der Waals surface area (Å²) in [4.78, 5) is 14.3. The number of carbonyl (C=O) groups is 1. The quantitative estimate of drug-likeness (QED) is 0.824. The van der Waals surface area contributed by atoms with E-state index in [-0.39, 0.29) is 23.2 Å². The van der Waals surface area contributed by atoms with E-state index in [1.165, 1.54) is 18.8 Å². The maximum absolute atomic E-state index is 12.4. The van der Waals surface area contributed by atoms with Crippen molar-refractivity contribution in [2.45, 2.75) is 43.0 Å². The van der Waals surface area contributed by atoms with Gasteiger partial charge in [0.25, 0.3) is 5.91 Å². The molecule has 1 amide bonds. The number of nitrogens with zero attached hydrogens (tertiary/aromatic N) is 1. The Morgan fingerprint density at radius 1 is 1.32 bits per heavy atom. The molecule has 2 atom stereocenters. The molecule has 2 saturated heterocycles. The van der Waals surface area contributed by atoms with Gasteiger partial charge < -0.3 is 9.32 Å². The number of rotatable bonds is 2. The Hall–Kier alpha value is -1.30. The van der Waals surface area contributed by atoms with Crippen molar-refractivity contribution in [1.82, 2.24) is 4.90 Å². The Morgan fingerprint density at radius 2 is 1.95 bits per heavy atom. The number of hydrogen-bond donors (Lipinski definition) is 0. The molecule has 1 aromatic heterocycles. The summed E-state index contributed by atoms with van der Waals surface area (Å²) in [5.74, 6) is -0.0341. The first-order chi connectivity index (χ1) is 8.97. The van der Waals surface area contributed by atoms with Crippen molar-refractivity contribution in [3.8, 4) is 0 Å². The fourth-order valence-corrected chi connectivity index (χ4v) is 4.49. The van der Waals surface area contributed by atoms with Gasteiger partial charge in [-0.1, -0.05) is 0 Å². The summed E-state index contributed by atoms with van der Waals surface area (Å²) in [6.07, 6.45) is 7.17. The largest absolute Gasteiger partial charge is 0.472 e. The minimum atomic E-state index is -3.01. The lowest BCUT2D eigenvalue weighted by atomic mass is 10.0. The fourth-order valence-electron chi connectivity index (χ4n) is 3.34. The van der Waals surface area contributed by atoms with Gasteiger partial charge in [0.05, 0.1) is 17.1 Å². The molecule has 2 fully saturated rings. The Kier molecular flexibility index (Phi) is 2.92. The van der Waals surface area contributed by atoms with Gasteiger partial charge in [-0.25, -0.2) is 8.42 Å². The van der Waals surface area contributed by atoms with Crippen LogP contribution < -0.4 is 0 Å². The van der Waals surface area contributed by atoms with Crippen LogP contribution in [-0.4, -0.2) is 42.8 Å². The molecule has 0 saturated carbocycles. The zero-order valence-corrected chi connectivity index (χ0v) is 11.6. The van der Waals surface area contributed by atoms with Gasteiger partial charge in [-0.05, 0) is 31.7 Å². The first kappa shape index (κ1) is 12.7. The van der Waals surface area contributed by atoms with E-state index < -0.39 is 9.84 Å². The Balaban J connectivity index is 1.82. The number of sulfone groups is 1. The van der Waals surface area contributed by atoms with Gasteiger partial charge >= 0.3 is 0 Å². The first-order valence-electron chi connectivity index (χ1n) is 6.50. The monoisotopic (exact) mass is 283 g/mol. The summed E-state index contributed by atoms with van der Waals surface area (Å²) in [7, 11) is -3.01. The van der Waals surface area contributed by atoms with E-state index in [4.69, 9.17) is 4.42 Å². The Bertz CT molecular complexity index is 564. The normalized spacial score (nSPS) is 30.6. The first-order valence-corrected chi connectivity index (χ1v) is 8.46. The van der Waals surface area contributed by atoms with Gasteiger partial charge in [0, 0.05) is 18.3 Å². The van der Waals surface area contributed by atoms with Crippen molar-refractivity contribution in [2.75, 3.05) is 6.26 Å². The molecule has 0 aromatic carbocycles. The van der Waals surface area contributed by atoms with Gasteiger partial charge in [-0.15, -0.1) is 0 Å². The van der Waals surface area contributed by atoms with E-state index in [0.717, 1.165) is 12.8 Å². The van der Waals surface area contributed by atoms with E-state index in [1.807, 2.05) is 4.90 Å². The molecule has 2 aliphatic heterocycles. The molecule has 2 unspecified atom stereocenters. The highest BCUT2D eigenvalue weighted by molar-refractivity contribution is 7.91. The van der Waals surface area contributed by atoms with E-state index in [0.29, 0.717) is 18.4 Å². The second-order valence-electron chi connectivity index (χ2n) is 5.53. The summed E-state index contributed by atoms with van der Waals surface area (Å²) >= 11 is 0. The molecule has 2 bridgehead atoms. The summed E-state index contributed by atoms with van der Waals surface area (Å²) in [5, 5.41) is -0.293. The summed E-state index contributed by atoms with van der Waals surface area (Å²) in [5.41, 5.74) is 0.551. The van der Waals surface area contributed by atoms with Gasteiger partial charge in [-0.2, -0.15) is 0 Å². The standard InChI is InChI=1S/C13H17NO4S/c1-19(16,17)12-6-10-2-3-11(7-12)14(10)13(15)9-4-5-18-8-9/h4-5,8,10-12H,2-3,6-7H2,1H3. The van der Waals surface area contributed by atoms with Crippen LogP contribution in [0.15, 0.2) is 23.0 Å². The van der Waals surface area contributed by atoms with Crippen molar-refractivity contribution >= 4 is 15.7 Å². The van der Waals surface area contributed by atoms with Crippen molar-refractivity contribution in [3.63, 3.8) is 0 Å². The molecular weight excluding hydrogens is 266 g/mol. The molecule has 6 heteroatoms. The van der Waals surface area contributed by atoms with E-state index in [9.17, 15) is 13.2 Å². The van der Waals surface area contributed by atoms with Crippen LogP contribution in [0.5, 0.6) is 0 Å². The zero-order valence-electron chi connectivity index (χ0n) is 10.8. The highest BCUT2D eigenvalue weighted by Gasteiger charge is 2.46. The van der Waals surface area contributed by atoms with Gasteiger partial charge in [0.15, 0.2) is 0 Å². The number of fused-ring (bicyclic) bond motifs is 2. The molecule has 3 rings (SSSR count). The number of piperidine rings is 1. The maximum Gasteiger partial charge on any atom is 0.257 e. The van der Waals surface area contributed by atoms with Crippen molar-refractivity contribution in [1.29, 1.82) is 0 Å². The van der Waals surface area contributed by atoms with Crippen LogP contribution in [0, 0.1) is 0 Å². The fraction of sp³-hybridized carbons (Fsp3) is 0.615. The lowest BCUT2D eigenvalue weighted by Crippen LogP contribution is -2.49. The van der Waals surface area contributed by atoms with Gasteiger partial charge in [0.1, 0.15) is 16.1 Å². The molecule has 0 spiro atoms. The van der Waals surface area contributed by atoms with Crippen molar-refractivity contribution in [3.05, 3.63) is 24.2 Å². The second-order valence-corrected chi connectivity index (χ2v) is 7.86. The smallest absolute Gasteiger partial charge is 0.257 e. The van der Waals surface area contributed by atoms with Gasteiger partial charge in [0.2, 0.25) is 0 Å². The minimum absolute atomic E-state index is 0.0341. The Morgan fingerprint density at radius 3 is 2.42 bits per heavy atom. The molecule has 5 nitrogen and oxygen atoms in total. The number of carbonyl (C=O) groups excluding carboxylic acids is 1. The van der Waals surface area contributed by atoms with Crippen LogP contribution in [0.2, 0.25) is 0 Å². The average Bonchev–Trinajstić information content (AvgIpc) is 2.94. The third-order valence-corrected chi connectivity index (χ3v) is 5.89. The highest BCUT2D eigenvalue weighted by Crippen LogP contribution is 2.38. The van der Waals surface area contributed by atoms with Crippen LogP contribution in [-0.2, 0) is 9.84 Å². The molecule has 0 radical (unpaired) electrons. The number of hydrogen-bond acceptors (Lipinski definition) is 4. The zero-order chi connectivity index (χ0) is 13.6. The molecule has 0 aliphatic carbocycles. The molecular formula is C13H17NO4S. The van der Waals surface area contributed by atoms with Crippen LogP contribution in [0.1, 0.15) is 36.0 Å². The van der Waals surface area contributed by atoms with E-state index in [1.54, 1.807) is 6.07 Å². The SMILES string of the molecule is CS(=O)(=O)C1CC2CCC(C1)N2C(=O)c1ccoc1. The summed E-state index contributed by atoms with van der Waals surface area (Å²) in [6.45, 7) is 0. The lowest BCUT2D eigenvalue weighted by Gasteiger charge is -2.38. The topological polar surface area (TPSA) is 67.6 Å². The van der Waals surface area contributed by atoms with Crippen LogP contribution in [0.4, 0.5) is 0 Å². The summed E-state index contributed by atoms with van der Waals surface area (Å²) in [6, 6.07) is 1.77. The third-order valence-electron chi connectivity index (χ3n) is 4.30. The van der Waals surface area contributed by atoms with Crippen LogP contribution in [0.25, 0.3) is 0 Å². The predicted molar refractivity (Wildman–Crippen MR) is 69.6 cm³/mol. The van der Waals surface area contributed by atoms with Gasteiger partial charge in [-0.3, -0.25) is 4.79 Å². The predicted octanol–water partition coefficient (Wildman–Crippen LogP) is 1.46. The average molecular weight is 283 g/mol. The Labute approximate surface area is 112 Å². The van der Waals surface area contributed by atoms with Crippen LogP contribution in [0.3, 0.4) is 0 Å². The molecule has 1 aromatic rings. The number of amides is 1. The molecule has 3 heterocycles. The molecule has 19 heavy (non-hydrogen) atoms. The molecule has 2 aliphatic rings. The van der Waals surface area contributed by atoms with Crippen molar-refractivity contribution in [2.24, 2.45) is 0 Å². The lowest BCUT2D eigenvalue weighted by molar-refractivity contribution is 0.0597. The molecule has 104 valence electrons. The number of furan rings is 1. The van der Waals surface area contributed by atoms with E-state index in [2.05, 4.69) is 0 Å². The van der Waals surface area contributed by atoms with E-state index >= 15 is 0 Å². The highest BCUT2D eigenvalue weighted by atomic mass is 32.2. The van der Waals surface area contributed by atoms with Crippen LogP contribution >= 0.6 is 0 Å².